The molecule has 202 valence electrons. The fraction of sp³-hybridized carbons (Fsp3) is 0.250. The molecule has 0 aliphatic carbocycles. The van der Waals surface area contributed by atoms with E-state index in [1.54, 1.807) is 74.5 Å². The van der Waals surface area contributed by atoms with Crippen molar-refractivity contribution in [3.05, 3.63) is 89.5 Å². The zero-order chi connectivity index (χ0) is 29.2. The summed E-state index contributed by atoms with van der Waals surface area (Å²) in [6.07, 6.45) is -0.167. The molecule has 0 aliphatic heterocycles. The van der Waals surface area contributed by atoms with Crippen molar-refractivity contribution in [2.75, 3.05) is 0 Å². The van der Waals surface area contributed by atoms with Crippen molar-refractivity contribution in [3.8, 4) is 0 Å². The number of hydrogen-bond donors (Lipinski definition) is 2. The van der Waals surface area contributed by atoms with Gasteiger partial charge in [0.05, 0.1) is 4.90 Å². The summed E-state index contributed by atoms with van der Waals surface area (Å²) in [5.41, 5.74) is 3.08. The molecule has 13 heteroatoms. The molecule has 0 saturated carbocycles. The Morgan fingerprint density at radius 2 is 0.892 bits per heavy atom. The van der Waals surface area contributed by atoms with Gasteiger partial charge in [-0.3, -0.25) is 13.0 Å². The van der Waals surface area contributed by atoms with Gasteiger partial charge in [-0.15, -0.1) is 0 Å². The van der Waals surface area contributed by atoms with Crippen molar-refractivity contribution in [1.29, 1.82) is 0 Å². The molecule has 0 heterocycles. The van der Waals surface area contributed by atoms with E-state index in [0.717, 1.165) is 37.1 Å². The van der Waals surface area contributed by atoms with Crippen LogP contribution in [0.25, 0.3) is 0 Å². The molecule has 0 fully saturated rings. The summed E-state index contributed by atoms with van der Waals surface area (Å²) in [5, 5.41) is 8.06. The van der Waals surface area contributed by atoms with Gasteiger partial charge in [0.2, 0.25) is 0 Å². The molecule has 0 radical (unpaired) electrons. The molecule has 3 rings (SSSR count). The van der Waals surface area contributed by atoms with E-state index in [9.17, 15) is 25.9 Å². The van der Waals surface area contributed by atoms with Gasteiger partial charge in [0, 0.05) is 15.9 Å². The van der Waals surface area contributed by atoms with Gasteiger partial charge in [-0.1, -0.05) is 53.1 Å². The average Bonchev–Trinajstić information content (AvgIpc) is 2.81. The number of aryl methyl sites for hydroxylation is 3. The molecule has 0 amide bonds. The van der Waals surface area contributed by atoms with Gasteiger partial charge in [0.15, 0.2) is 0 Å². The van der Waals surface area contributed by atoms with Gasteiger partial charge in [0.25, 0.3) is 10.1 Å². The Labute approximate surface area is 235 Å². The van der Waals surface area contributed by atoms with E-state index in [1.165, 1.54) is 12.1 Å². The van der Waals surface area contributed by atoms with Crippen LogP contribution in [0, 0.1) is 20.8 Å². The van der Waals surface area contributed by atoms with E-state index in [2.05, 4.69) is 0 Å². The second-order valence-corrected chi connectivity index (χ2v) is 10.8. The molecule has 3 aromatic rings. The molecule has 37 heavy (non-hydrogen) atoms. The third kappa shape index (κ3) is 20.0. The molecule has 0 spiro atoms. The monoisotopic (exact) mass is 606 g/mol. The predicted octanol–water partition coefficient (Wildman–Crippen LogP) is 3.97. The van der Waals surface area contributed by atoms with Crippen LogP contribution >= 0.6 is 0 Å². The van der Waals surface area contributed by atoms with Gasteiger partial charge >= 0.3 is 23.7 Å². The molecule has 3 aromatic carbocycles. The molecular formula is C24H30O9S3Ti. The van der Waals surface area contributed by atoms with Gasteiger partial charge in [-0.25, -0.2) is 0 Å². The third-order valence-electron chi connectivity index (χ3n) is 3.75. The predicted molar refractivity (Wildman–Crippen MR) is 136 cm³/mol. The number of aliphatic hydroxyl groups excluding tert-OH is 1. The van der Waals surface area contributed by atoms with E-state index >= 15 is 0 Å². The zero-order valence-corrected chi connectivity index (χ0v) is 25.0. The van der Waals surface area contributed by atoms with E-state index < -0.39 is 32.3 Å². The summed E-state index contributed by atoms with van der Waals surface area (Å²) in [4.78, 5) is 0.610. The van der Waals surface area contributed by atoms with E-state index in [4.69, 9.17) is 13.0 Å². The molecule has 2 unspecified atom stereocenters. The van der Waals surface area contributed by atoms with Crippen molar-refractivity contribution < 1.29 is 59.3 Å². The normalized spacial score (nSPS) is 11.6. The van der Waals surface area contributed by atoms with Crippen molar-refractivity contribution in [2.45, 2.75) is 55.4 Å². The molecule has 0 aromatic heterocycles. The first-order valence-electron chi connectivity index (χ1n) is 10.4. The standard InChI is InChI=1S/C7H8O3S.2C7H8O2S.C3H8O.O.Ti/c1-6-2-4-7(5-3-6)11(8,9)10;2*1-6-2-4-7(5-3-6)10(8)9;1-3(2)4;;/h2-5H,1H3,(H,8,9,10);2*2-5H,1H3,(H,8,9);3-4H,1-2H3;;/q;;;;;+2/p-2. The Hall–Kier alpha value is -1.74. The minimum atomic E-state index is -4.02. The molecule has 0 aliphatic rings. The maximum atomic E-state index is 10.5. The van der Waals surface area contributed by atoms with Gasteiger partial charge in [-0.2, -0.15) is 8.42 Å². The number of benzene rings is 3. The second kappa shape index (κ2) is 20.3. The number of rotatable bonds is 3. The molecule has 9 nitrogen and oxygen atoms in total. The van der Waals surface area contributed by atoms with Gasteiger partial charge < -0.3 is 14.2 Å². The van der Waals surface area contributed by atoms with Crippen LogP contribution in [0.1, 0.15) is 30.5 Å². The van der Waals surface area contributed by atoms with E-state index in [-0.39, 0.29) is 11.0 Å². The molecular weight excluding hydrogens is 576 g/mol. The summed E-state index contributed by atoms with van der Waals surface area (Å²) in [6.45, 7) is 9.11. The van der Waals surface area contributed by atoms with Crippen molar-refractivity contribution >= 4 is 32.3 Å². The van der Waals surface area contributed by atoms with Crippen LogP contribution in [-0.4, -0.2) is 41.7 Å². The molecule has 2 atom stereocenters. The first-order valence-corrected chi connectivity index (χ1v) is 14.6. The van der Waals surface area contributed by atoms with Crippen LogP contribution in [0.2, 0.25) is 0 Å². The van der Waals surface area contributed by atoms with Crippen LogP contribution in [0.5, 0.6) is 0 Å². The third-order valence-corrected chi connectivity index (χ3v) is 5.93. The quantitative estimate of drug-likeness (QED) is 0.254. The molecule has 0 bridgehead atoms. The van der Waals surface area contributed by atoms with Gasteiger partial charge in [0.1, 0.15) is 0 Å². The Morgan fingerprint density at radius 1 is 0.676 bits per heavy atom. The zero-order valence-electron chi connectivity index (χ0n) is 21.0. The SMILES string of the molecule is CC(C)O.Cc1ccc(S(=O)(=O)O)cc1.Cc1ccc(S(=O)[O-])cc1.Cc1ccc(S(=O)[O-])cc1.[O]=[Ti+2]. The molecule has 2 N–H and O–H groups in total. The summed E-state index contributed by atoms with van der Waals surface area (Å²) < 4.78 is 79.1. The van der Waals surface area contributed by atoms with Crippen LogP contribution in [0.3, 0.4) is 0 Å². The fourth-order valence-electron chi connectivity index (χ4n) is 2.01. The Bertz CT molecular complexity index is 1120. The van der Waals surface area contributed by atoms with E-state index in [0.29, 0.717) is 9.79 Å². The van der Waals surface area contributed by atoms with Crippen molar-refractivity contribution in [2.24, 2.45) is 0 Å². The number of hydrogen-bond acceptors (Lipinski definition) is 8. The summed E-state index contributed by atoms with van der Waals surface area (Å²) in [7, 11) is -4.02. The fourth-order valence-corrected chi connectivity index (χ4v) is 3.21. The second-order valence-electron chi connectivity index (χ2n) is 7.48. The summed E-state index contributed by atoms with van der Waals surface area (Å²) in [5.74, 6) is 0. The van der Waals surface area contributed by atoms with Crippen LogP contribution in [0.4, 0.5) is 0 Å². The Balaban J connectivity index is 0. The van der Waals surface area contributed by atoms with Crippen molar-refractivity contribution in [3.63, 3.8) is 0 Å². The van der Waals surface area contributed by atoms with E-state index in [1.807, 2.05) is 20.8 Å². The first kappa shape index (κ1) is 37.4. The number of aliphatic hydroxyl groups is 1. The van der Waals surface area contributed by atoms with Crippen LogP contribution in [0.15, 0.2) is 87.5 Å². The first-order chi connectivity index (χ1) is 17.1. The van der Waals surface area contributed by atoms with Gasteiger partial charge in [-0.05, 0) is 93.2 Å². The Kier molecular flexibility index (Phi) is 20.5. The topological polar surface area (TPSA) is 172 Å². The average molecular weight is 607 g/mol. The van der Waals surface area contributed by atoms with Crippen molar-refractivity contribution in [1.82, 2.24) is 0 Å². The Morgan fingerprint density at radius 3 is 1.08 bits per heavy atom. The minimum absolute atomic E-state index is 0.0666. The molecule has 0 saturated heterocycles. The summed E-state index contributed by atoms with van der Waals surface area (Å²) in [6, 6.07) is 19.4. The van der Waals surface area contributed by atoms with Crippen LogP contribution < -0.4 is 0 Å². The summed E-state index contributed by atoms with van der Waals surface area (Å²) >= 11 is -3.42. The van der Waals surface area contributed by atoms with Crippen LogP contribution in [-0.2, 0) is 56.0 Å². The maximum absolute atomic E-state index is 10.5.